The summed E-state index contributed by atoms with van der Waals surface area (Å²) in [5.41, 5.74) is 1.22. The molecule has 1 N–H and O–H groups in total. The standard InChI is InChI=1S/C20H24N4O4/c1-19(2,3)16(25)12-10-21-17-15(12)23-13(11-22-17)14-8-7-9-24(14)28-18(26)27-20(4,5)6/h7-11H,1-6H3,(H,21,22). The van der Waals surface area contributed by atoms with E-state index in [0.717, 1.165) is 0 Å². The minimum Gasteiger partial charge on any atom is -0.427 e. The maximum Gasteiger partial charge on any atom is 0.534 e. The normalized spacial score (nSPS) is 12.2. The summed E-state index contributed by atoms with van der Waals surface area (Å²) in [5, 5.41) is 0. The quantitative estimate of drug-likeness (QED) is 0.541. The molecule has 8 nitrogen and oxygen atoms in total. The minimum atomic E-state index is -0.829. The van der Waals surface area contributed by atoms with Crippen LogP contribution in [0.3, 0.4) is 0 Å². The number of rotatable bonds is 3. The van der Waals surface area contributed by atoms with Crippen molar-refractivity contribution in [2.24, 2.45) is 5.41 Å². The third-order valence-corrected chi connectivity index (χ3v) is 3.84. The number of carbonyl (C=O) groups is 2. The van der Waals surface area contributed by atoms with Crippen LogP contribution in [0.2, 0.25) is 0 Å². The Labute approximate surface area is 162 Å². The molecule has 148 valence electrons. The van der Waals surface area contributed by atoms with Crippen molar-refractivity contribution in [3.63, 3.8) is 0 Å². The van der Waals surface area contributed by atoms with E-state index < -0.39 is 17.2 Å². The first-order valence-corrected chi connectivity index (χ1v) is 8.94. The van der Waals surface area contributed by atoms with Gasteiger partial charge in [-0.1, -0.05) is 20.8 Å². The molecule has 8 heteroatoms. The molecular weight excluding hydrogens is 360 g/mol. The number of fused-ring (bicyclic) bond motifs is 1. The van der Waals surface area contributed by atoms with Crippen LogP contribution in [0, 0.1) is 5.41 Å². The van der Waals surface area contributed by atoms with Crippen LogP contribution < -0.4 is 4.84 Å². The maximum atomic E-state index is 12.7. The van der Waals surface area contributed by atoms with Gasteiger partial charge < -0.3 is 14.6 Å². The average Bonchev–Trinajstić information content (AvgIpc) is 3.17. The molecule has 0 aromatic carbocycles. The van der Waals surface area contributed by atoms with Crippen LogP contribution in [-0.4, -0.2) is 37.2 Å². The van der Waals surface area contributed by atoms with Crippen LogP contribution in [0.5, 0.6) is 0 Å². The SMILES string of the molecule is CC(C)(C)OC(=O)On1cccc1-c1cnc2[nH]cc(C(=O)C(C)(C)C)c2n1. The van der Waals surface area contributed by atoms with Gasteiger partial charge in [-0.2, -0.15) is 4.73 Å². The number of hydrogen-bond donors (Lipinski definition) is 1. The summed E-state index contributed by atoms with van der Waals surface area (Å²) in [4.78, 5) is 41.9. The lowest BCUT2D eigenvalue weighted by atomic mass is 9.87. The van der Waals surface area contributed by atoms with Gasteiger partial charge in [-0.25, -0.2) is 14.8 Å². The lowest BCUT2D eigenvalue weighted by molar-refractivity contribution is -0.00996. The van der Waals surface area contributed by atoms with Gasteiger partial charge in [0.25, 0.3) is 0 Å². The average molecular weight is 384 g/mol. The summed E-state index contributed by atoms with van der Waals surface area (Å²) >= 11 is 0. The molecule has 0 aliphatic carbocycles. The highest BCUT2D eigenvalue weighted by atomic mass is 16.8. The van der Waals surface area contributed by atoms with Crippen LogP contribution in [0.1, 0.15) is 51.9 Å². The second kappa shape index (κ2) is 6.78. The lowest BCUT2D eigenvalue weighted by Crippen LogP contribution is -2.29. The third-order valence-electron chi connectivity index (χ3n) is 3.84. The summed E-state index contributed by atoms with van der Waals surface area (Å²) < 4.78 is 6.45. The van der Waals surface area contributed by atoms with Gasteiger partial charge in [0.05, 0.1) is 11.8 Å². The van der Waals surface area contributed by atoms with E-state index in [1.165, 1.54) is 4.73 Å². The van der Waals surface area contributed by atoms with E-state index in [4.69, 9.17) is 9.57 Å². The number of aromatic amines is 1. The molecule has 0 atom stereocenters. The molecular formula is C20H24N4O4. The van der Waals surface area contributed by atoms with Crippen molar-refractivity contribution < 1.29 is 19.2 Å². The number of ketones is 1. The molecule has 3 rings (SSSR count). The molecule has 0 spiro atoms. The number of aromatic nitrogens is 4. The zero-order valence-corrected chi connectivity index (χ0v) is 16.9. The summed E-state index contributed by atoms with van der Waals surface area (Å²) in [6.45, 7) is 10.8. The molecule has 28 heavy (non-hydrogen) atoms. The van der Waals surface area contributed by atoms with Gasteiger partial charge in [0.15, 0.2) is 11.4 Å². The van der Waals surface area contributed by atoms with Crippen molar-refractivity contribution in [1.82, 2.24) is 19.7 Å². The van der Waals surface area contributed by atoms with E-state index in [9.17, 15) is 9.59 Å². The summed E-state index contributed by atoms with van der Waals surface area (Å²) in [6.07, 6.45) is 3.92. The Morgan fingerprint density at radius 1 is 1.14 bits per heavy atom. The van der Waals surface area contributed by atoms with Crippen LogP contribution >= 0.6 is 0 Å². The summed E-state index contributed by atoms with van der Waals surface area (Å²) in [7, 11) is 0. The second-order valence-electron chi connectivity index (χ2n) is 8.51. The molecule has 0 aliphatic heterocycles. The number of hydrogen-bond acceptors (Lipinski definition) is 6. The van der Waals surface area contributed by atoms with Gasteiger partial charge in [0.2, 0.25) is 0 Å². The van der Waals surface area contributed by atoms with E-state index in [2.05, 4.69) is 15.0 Å². The zero-order chi connectivity index (χ0) is 20.7. The highest BCUT2D eigenvalue weighted by Gasteiger charge is 2.27. The van der Waals surface area contributed by atoms with Crippen molar-refractivity contribution in [2.45, 2.75) is 47.1 Å². The number of Topliss-reactive ketones (excluding diaryl/α,β-unsaturated/α-hetero) is 1. The molecule has 0 amide bonds. The first kappa shape index (κ1) is 19.6. The molecule has 3 heterocycles. The van der Waals surface area contributed by atoms with E-state index in [1.54, 1.807) is 51.5 Å². The fourth-order valence-electron chi connectivity index (χ4n) is 2.58. The Kier molecular flexibility index (Phi) is 4.74. The van der Waals surface area contributed by atoms with Crippen molar-refractivity contribution in [1.29, 1.82) is 0 Å². The Balaban J connectivity index is 1.96. The predicted octanol–water partition coefficient (Wildman–Crippen LogP) is 4.02. The second-order valence-corrected chi connectivity index (χ2v) is 8.51. The maximum absolute atomic E-state index is 12.7. The topological polar surface area (TPSA) is 99.1 Å². The lowest BCUT2D eigenvalue weighted by Gasteiger charge is -2.19. The summed E-state index contributed by atoms with van der Waals surface area (Å²) in [6, 6.07) is 3.45. The molecule has 0 aliphatic rings. The molecule has 0 fully saturated rings. The van der Waals surface area contributed by atoms with E-state index in [1.807, 2.05) is 20.8 Å². The number of H-pyrrole nitrogens is 1. The molecule has 0 unspecified atom stereocenters. The monoisotopic (exact) mass is 384 g/mol. The third kappa shape index (κ3) is 4.05. The summed E-state index contributed by atoms with van der Waals surface area (Å²) in [5.74, 6) is -0.0365. The van der Waals surface area contributed by atoms with Gasteiger partial charge in [-0.05, 0) is 32.9 Å². The van der Waals surface area contributed by atoms with Crippen LogP contribution in [0.15, 0.2) is 30.7 Å². The van der Waals surface area contributed by atoms with Gasteiger partial charge in [0.1, 0.15) is 22.5 Å². The van der Waals surface area contributed by atoms with Gasteiger partial charge >= 0.3 is 6.16 Å². The molecule has 3 aromatic heterocycles. The van der Waals surface area contributed by atoms with Crippen molar-refractivity contribution in [2.75, 3.05) is 0 Å². The molecule has 0 saturated carbocycles. The van der Waals surface area contributed by atoms with Crippen LogP contribution in [0.4, 0.5) is 4.79 Å². The molecule has 0 saturated heterocycles. The van der Waals surface area contributed by atoms with Crippen molar-refractivity contribution in [3.05, 3.63) is 36.3 Å². The first-order chi connectivity index (χ1) is 13.0. The highest BCUT2D eigenvalue weighted by Crippen LogP contribution is 2.27. The van der Waals surface area contributed by atoms with Gasteiger partial charge in [0, 0.05) is 17.8 Å². The zero-order valence-electron chi connectivity index (χ0n) is 16.9. The number of nitrogens with one attached hydrogen (secondary N) is 1. The highest BCUT2D eigenvalue weighted by molar-refractivity contribution is 6.08. The molecule has 0 bridgehead atoms. The number of nitrogens with zero attached hydrogens (tertiary/aromatic N) is 3. The Bertz CT molecular complexity index is 1030. The largest absolute Gasteiger partial charge is 0.534 e. The Morgan fingerprint density at radius 3 is 2.50 bits per heavy atom. The van der Waals surface area contributed by atoms with E-state index >= 15 is 0 Å². The molecule has 0 radical (unpaired) electrons. The Hall–Kier alpha value is -3.16. The van der Waals surface area contributed by atoms with Gasteiger partial charge in [-0.3, -0.25) is 4.79 Å². The Morgan fingerprint density at radius 2 is 1.86 bits per heavy atom. The van der Waals surface area contributed by atoms with Crippen molar-refractivity contribution >= 4 is 23.1 Å². The molecule has 3 aromatic rings. The van der Waals surface area contributed by atoms with Crippen LogP contribution in [0.25, 0.3) is 22.6 Å². The van der Waals surface area contributed by atoms with E-state index in [-0.39, 0.29) is 5.78 Å². The smallest absolute Gasteiger partial charge is 0.427 e. The first-order valence-electron chi connectivity index (χ1n) is 8.94. The number of ether oxygens (including phenoxy) is 1. The van der Waals surface area contributed by atoms with Crippen LogP contribution in [-0.2, 0) is 4.74 Å². The van der Waals surface area contributed by atoms with Gasteiger partial charge in [-0.15, -0.1) is 0 Å². The fourth-order valence-corrected chi connectivity index (χ4v) is 2.58. The van der Waals surface area contributed by atoms with E-state index in [0.29, 0.717) is 28.1 Å². The predicted molar refractivity (Wildman–Crippen MR) is 104 cm³/mol. The number of carbonyl (C=O) groups excluding carboxylic acids is 2. The minimum absolute atomic E-state index is 0.0365. The fraction of sp³-hybridized carbons (Fsp3) is 0.400. The van der Waals surface area contributed by atoms with Crippen molar-refractivity contribution in [3.8, 4) is 11.4 Å².